The van der Waals surface area contributed by atoms with Crippen molar-refractivity contribution in [3.05, 3.63) is 40.8 Å². The molecule has 1 heterocycles. The average Bonchev–Trinajstić information content (AvgIpc) is 2.76. The van der Waals surface area contributed by atoms with Crippen molar-refractivity contribution in [3.8, 4) is 11.5 Å². The Morgan fingerprint density at radius 1 is 1.44 bits per heavy atom. The molecule has 2 rings (SSSR count). The number of phenolic OH excluding ortho intramolecular Hbond substituents is 1. The van der Waals surface area contributed by atoms with Crippen molar-refractivity contribution in [2.45, 2.75) is 0 Å². The van der Waals surface area contributed by atoms with Gasteiger partial charge in [-0.05, 0) is 34.1 Å². The van der Waals surface area contributed by atoms with Crippen LogP contribution in [0.25, 0.3) is 0 Å². The van der Waals surface area contributed by atoms with Gasteiger partial charge in [-0.2, -0.15) is 0 Å². The van der Waals surface area contributed by atoms with Gasteiger partial charge < -0.3 is 19.6 Å². The van der Waals surface area contributed by atoms with Gasteiger partial charge in [-0.25, -0.2) is 0 Å². The number of nitrogens with one attached hydrogen (secondary N) is 1. The predicted octanol–water partition coefficient (Wildman–Crippen LogP) is 3.01. The Morgan fingerprint density at radius 2 is 2.22 bits per heavy atom. The van der Waals surface area contributed by atoms with Gasteiger partial charge in [0.15, 0.2) is 16.2 Å². The number of rotatable bonds is 3. The van der Waals surface area contributed by atoms with Crippen LogP contribution in [0.2, 0.25) is 0 Å². The normalized spacial score (nSPS) is 10.1. The van der Waals surface area contributed by atoms with E-state index in [1.54, 1.807) is 18.2 Å². The molecule has 0 aliphatic rings. The lowest BCUT2D eigenvalue weighted by molar-refractivity contribution is 0.102. The molecule has 1 amide bonds. The standard InChI is InChI=1S/C12H10BrNO4/c1-17-10-3-2-7(6-9(10)15)14-12(16)8-4-5-18-11(8)13/h2-6,15H,1H3,(H,14,16). The first-order chi connectivity index (χ1) is 8.61. The van der Waals surface area contributed by atoms with Crippen LogP contribution < -0.4 is 10.1 Å². The fourth-order valence-corrected chi connectivity index (χ4v) is 1.84. The summed E-state index contributed by atoms with van der Waals surface area (Å²) >= 11 is 3.12. The van der Waals surface area contributed by atoms with E-state index in [0.717, 1.165) is 0 Å². The number of aromatic hydroxyl groups is 1. The van der Waals surface area contributed by atoms with E-state index in [1.807, 2.05) is 0 Å². The van der Waals surface area contributed by atoms with Crippen LogP contribution in [0, 0.1) is 0 Å². The number of furan rings is 1. The number of halogens is 1. The third-order valence-corrected chi connectivity index (χ3v) is 2.91. The summed E-state index contributed by atoms with van der Waals surface area (Å²) in [5, 5.41) is 12.2. The minimum absolute atomic E-state index is 0.0402. The molecule has 2 aromatic rings. The summed E-state index contributed by atoms with van der Waals surface area (Å²) in [6.07, 6.45) is 1.41. The van der Waals surface area contributed by atoms with E-state index in [2.05, 4.69) is 21.2 Å². The predicted molar refractivity (Wildman–Crippen MR) is 69.0 cm³/mol. The second kappa shape index (κ2) is 5.14. The molecule has 0 aliphatic heterocycles. The SMILES string of the molecule is COc1ccc(NC(=O)c2ccoc2Br)cc1O. The van der Waals surface area contributed by atoms with Crippen LogP contribution in [0.1, 0.15) is 10.4 Å². The van der Waals surface area contributed by atoms with Gasteiger partial charge in [-0.1, -0.05) is 0 Å². The van der Waals surface area contributed by atoms with E-state index in [0.29, 0.717) is 21.7 Å². The first kappa shape index (κ1) is 12.5. The van der Waals surface area contributed by atoms with Gasteiger partial charge in [0.05, 0.1) is 18.9 Å². The number of methoxy groups -OCH3 is 1. The summed E-state index contributed by atoms with van der Waals surface area (Å²) in [7, 11) is 1.45. The Labute approximate surface area is 111 Å². The number of hydrogen-bond donors (Lipinski definition) is 2. The molecule has 94 valence electrons. The fourth-order valence-electron chi connectivity index (χ4n) is 1.42. The molecule has 0 atom stereocenters. The molecule has 5 nitrogen and oxygen atoms in total. The highest BCUT2D eigenvalue weighted by molar-refractivity contribution is 9.10. The zero-order valence-corrected chi connectivity index (χ0v) is 11.0. The molecular weight excluding hydrogens is 302 g/mol. The molecule has 0 unspecified atom stereocenters. The molecule has 1 aromatic heterocycles. The number of ether oxygens (including phenoxy) is 1. The zero-order chi connectivity index (χ0) is 13.1. The first-order valence-corrected chi connectivity index (χ1v) is 5.82. The lowest BCUT2D eigenvalue weighted by Gasteiger charge is -2.07. The molecule has 0 saturated heterocycles. The second-order valence-electron chi connectivity index (χ2n) is 3.45. The van der Waals surface area contributed by atoms with Crippen molar-refractivity contribution < 1.29 is 19.1 Å². The topological polar surface area (TPSA) is 71.7 Å². The molecule has 1 aromatic carbocycles. The maximum atomic E-state index is 11.8. The minimum atomic E-state index is -0.333. The Hall–Kier alpha value is -1.95. The summed E-state index contributed by atoms with van der Waals surface area (Å²) < 4.78 is 10.2. The van der Waals surface area contributed by atoms with Crippen molar-refractivity contribution in [2.24, 2.45) is 0 Å². The van der Waals surface area contributed by atoms with E-state index < -0.39 is 0 Å². The number of carbonyl (C=O) groups is 1. The quantitative estimate of drug-likeness (QED) is 0.914. The highest BCUT2D eigenvalue weighted by Gasteiger charge is 2.13. The number of phenols is 1. The summed E-state index contributed by atoms with van der Waals surface area (Å²) in [5.41, 5.74) is 0.844. The number of hydrogen-bond acceptors (Lipinski definition) is 4. The van der Waals surface area contributed by atoms with E-state index in [4.69, 9.17) is 9.15 Å². The van der Waals surface area contributed by atoms with E-state index in [9.17, 15) is 9.90 Å². The van der Waals surface area contributed by atoms with Gasteiger partial charge in [-0.15, -0.1) is 0 Å². The molecule has 2 N–H and O–H groups in total. The van der Waals surface area contributed by atoms with Gasteiger partial charge in [0, 0.05) is 11.8 Å². The largest absolute Gasteiger partial charge is 0.504 e. The Bertz CT molecular complexity index is 579. The average molecular weight is 312 g/mol. The Balaban J connectivity index is 2.17. The van der Waals surface area contributed by atoms with Crippen molar-refractivity contribution in [1.29, 1.82) is 0 Å². The van der Waals surface area contributed by atoms with Gasteiger partial charge in [0.25, 0.3) is 5.91 Å². The maximum absolute atomic E-state index is 11.8. The van der Waals surface area contributed by atoms with Crippen molar-refractivity contribution in [1.82, 2.24) is 0 Å². The van der Waals surface area contributed by atoms with E-state index in [1.165, 1.54) is 19.4 Å². The van der Waals surface area contributed by atoms with E-state index in [-0.39, 0.29) is 11.7 Å². The molecule has 18 heavy (non-hydrogen) atoms. The molecule has 0 fully saturated rings. The van der Waals surface area contributed by atoms with Crippen LogP contribution in [-0.4, -0.2) is 18.1 Å². The molecule has 6 heteroatoms. The van der Waals surface area contributed by atoms with Gasteiger partial charge in [0.1, 0.15) is 0 Å². The van der Waals surface area contributed by atoms with Crippen LogP contribution in [0.4, 0.5) is 5.69 Å². The Kier molecular flexibility index (Phi) is 3.57. The summed E-state index contributed by atoms with van der Waals surface area (Å²) in [6.45, 7) is 0. The minimum Gasteiger partial charge on any atom is -0.504 e. The lowest BCUT2D eigenvalue weighted by atomic mass is 10.2. The highest BCUT2D eigenvalue weighted by atomic mass is 79.9. The van der Waals surface area contributed by atoms with Gasteiger partial charge in [0.2, 0.25) is 0 Å². The number of amides is 1. The third-order valence-electron chi connectivity index (χ3n) is 2.30. The maximum Gasteiger partial charge on any atom is 0.260 e. The fraction of sp³-hybridized carbons (Fsp3) is 0.0833. The third kappa shape index (κ3) is 2.48. The Morgan fingerprint density at radius 3 is 2.78 bits per heavy atom. The van der Waals surface area contributed by atoms with Crippen molar-refractivity contribution >= 4 is 27.5 Å². The molecular formula is C12H10BrNO4. The number of carbonyl (C=O) groups excluding carboxylic acids is 1. The summed E-state index contributed by atoms with van der Waals surface area (Å²) in [4.78, 5) is 11.8. The zero-order valence-electron chi connectivity index (χ0n) is 9.44. The first-order valence-electron chi connectivity index (χ1n) is 5.03. The van der Waals surface area contributed by atoms with Crippen LogP contribution in [0.5, 0.6) is 11.5 Å². The van der Waals surface area contributed by atoms with Crippen LogP contribution in [-0.2, 0) is 0 Å². The second-order valence-corrected chi connectivity index (χ2v) is 4.17. The molecule has 0 saturated carbocycles. The van der Waals surface area contributed by atoms with Crippen LogP contribution in [0.15, 0.2) is 39.6 Å². The van der Waals surface area contributed by atoms with Crippen molar-refractivity contribution in [3.63, 3.8) is 0 Å². The number of benzene rings is 1. The highest BCUT2D eigenvalue weighted by Crippen LogP contribution is 2.29. The van der Waals surface area contributed by atoms with Gasteiger partial charge in [-0.3, -0.25) is 4.79 Å². The summed E-state index contributed by atoms with van der Waals surface area (Å²) in [6, 6.07) is 6.15. The lowest BCUT2D eigenvalue weighted by Crippen LogP contribution is -2.11. The molecule has 0 aliphatic carbocycles. The van der Waals surface area contributed by atoms with Crippen LogP contribution in [0.3, 0.4) is 0 Å². The van der Waals surface area contributed by atoms with Crippen LogP contribution >= 0.6 is 15.9 Å². The molecule has 0 radical (unpaired) electrons. The molecule has 0 spiro atoms. The smallest absolute Gasteiger partial charge is 0.260 e. The van der Waals surface area contributed by atoms with E-state index >= 15 is 0 Å². The molecule has 0 bridgehead atoms. The van der Waals surface area contributed by atoms with Crippen molar-refractivity contribution in [2.75, 3.05) is 12.4 Å². The monoisotopic (exact) mass is 311 g/mol. The summed E-state index contributed by atoms with van der Waals surface area (Å²) in [5.74, 6) is -0.0285. The van der Waals surface area contributed by atoms with Gasteiger partial charge >= 0.3 is 0 Å². The number of anilines is 1.